The topological polar surface area (TPSA) is 160 Å². The fraction of sp³-hybridized carbons (Fsp3) is 0.0870. The molecule has 35 heavy (non-hydrogen) atoms. The van der Waals surface area contributed by atoms with Crippen LogP contribution in [0.4, 0.5) is 26.2 Å². The Hall–Kier alpha value is -4.51. The number of carbonyl (C=O) groups excluding carboxylic acids is 1. The van der Waals surface area contributed by atoms with E-state index in [9.17, 15) is 18.8 Å². The Labute approximate surface area is 204 Å². The summed E-state index contributed by atoms with van der Waals surface area (Å²) in [6, 6.07) is 12.1. The summed E-state index contributed by atoms with van der Waals surface area (Å²) in [7, 11) is 2.67. The highest BCUT2D eigenvalue weighted by molar-refractivity contribution is 6.34. The molecule has 0 saturated carbocycles. The Bertz CT molecular complexity index is 1250. The molecule has 3 aromatic rings. The second-order valence-corrected chi connectivity index (χ2v) is 6.98. The summed E-state index contributed by atoms with van der Waals surface area (Å²) in [6.07, 6.45) is 0. The van der Waals surface area contributed by atoms with Crippen LogP contribution >= 0.6 is 11.6 Å². The van der Waals surface area contributed by atoms with Crippen molar-refractivity contribution < 1.29 is 38.5 Å². The van der Waals surface area contributed by atoms with Crippen molar-refractivity contribution in [1.29, 1.82) is 0 Å². The fourth-order valence-corrected chi connectivity index (χ4v) is 3.02. The van der Waals surface area contributed by atoms with Gasteiger partial charge < -0.3 is 36.1 Å². The maximum absolute atomic E-state index is 13.3. The number of carbonyl (C=O) groups is 3. The summed E-state index contributed by atoms with van der Waals surface area (Å²) < 4.78 is 23.2. The van der Waals surface area contributed by atoms with Crippen molar-refractivity contribution in [2.24, 2.45) is 0 Å². The highest BCUT2D eigenvalue weighted by Gasteiger charge is 2.17. The minimum Gasteiger partial charge on any atom is -0.494 e. The lowest BCUT2D eigenvalue weighted by Gasteiger charge is -2.13. The van der Waals surface area contributed by atoms with Crippen molar-refractivity contribution in [1.82, 2.24) is 0 Å². The molecule has 184 valence electrons. The number of anilines is 3. The molecule has 2 amide bonds. The first kappa shape index (κ1) is 26.7. The van der Waals surface area contributed by atoms with Crippen molar-refractivity contribution in [3.05, 3.63) is 76.6 Å². The molecule has 0 fully saturated rings. The van der Waals surface area contributed by atoms with Crippen LogP contribution in [0.1, 0.15) is 20.7 Å². The molecule has 0 aliphatic heterocycles. The Morgan fingerprint density at radius 3 is 1.86 bits per heavy atom. The third-order valence-electron chi connectivity index (χ3n) is 4.38. The van der Waals surface area contributed by atoms with Gasteiger partial charge in [-0.25, -0.2) is 18.8 Å². The number of methoxy groups -OCH3 is 2. The van der Waals surface area contributed by atoms with Gasteiger partial charge in [0.25, 0.3) is 0 Å². The first-order valence-electron chi connectivity index (χ1n) is 9.68. The Morgan fingerprint density at radius 1 is 0.829 bits per heavy atom. The van der Waals surface area contributed by atoms with E-state index in [1.807, 2.05) is 0 Å². The standard InChI is InChI=1S/C15H12ClFN2O4.C8H9NO3/c1-23-13-8(14(20)21)4-2-7-11(13)19-15(22)18-10-6-3-5-9(17)12(10)16;1-12-7-5(8(10)11)3-2-4-6(7)9/h2-7H,1H3,(H,20,21)(H2,18,19,22);2-4H,9H2,1H3,(H,10,11). The average Bonchev–Trinajstić information content (AvgIpc) is 2.82. The van der Waals surface area contributed by atoms with Crippen LogP contribution in [0.3, 0.4) is 0 Å². The maximum Gasteiger partial charge on any atom is 0.339 e. The number of urea groups is 1. The van der Waals surface area contributed by atoms with E-state index >= 15 is 0 Å². The van der Waals surface area contributed by atoms with Gasteiger partial charge >= 0.3 is 18.0 Å². The van der Waals surface area contributed by atoms with E-state index in [0.717, 1.165) is 6.07 Å². The van der Waals surface area contributed by atoms with E-state index < -0.39 is 23.8 Å². The van der Waals surface area contributed by atoms with Crippen molar-refractivity contribution >= 4 is 46.6 Å². The Kier molecular flexibility index (Phi) is 9.24. The molecule has 0 spiro atoms. The van der Waals surface area contributed by atoms with E-state index in [2.05, 4.69) is 10.6 Å². The molecule has 0 aliphatic carbocycles. The molecular weight excluding hydrogens is 485 g/mol. The summed E-state index contributed by atoms with van der Waals surface area (Å²) in [4.78, 5) is 33.7. The number of rotatable bonds is 6. The van der Waals surface area contributed by atoms with Crippen LogP contribution in [-0.2, 0) is 0 Å². The number of hydrogen-bond acceptors (Lipinski definition) is 6. The number of halogens is 2. The SMILES string of the molecule is COc1c(N)cccc1C(=O)O.COc1c(NC(=O)Nc2cccc(F)c2Cl)cccc1C(=O)O. The zero-order valence-electron chi connectivity index (χ0n) is 18.5. The lowest BCUT2D eigenvalue weighted by atomic mass is 10.1. The van der Waals surface area contributed by atoms with E-state index in [1.54, 1.807) is 12.1 Å². The number of para-hydroxylation sites is 2. The summed E-state index contributed by atoms with van der Waals surface area (Å²) in [5.74, 6) is -2.70. The van der Waals surface area contributed by atoms with E-state index in [4.69, 9.17) is 37.0 Å². The van der Waals surface area contributed by atoms with Gasteiger partial charge in [-0.15, -0.1) is 0 Å². The monoisotopic (exact) mass is 505 g/mol. The number of nitrogens with one attached hydrogen (secondary N) is 2. The normalized spacial score (nSPS) is 9.83. The highest BCUT2D eigenvalue weighted by Crippen LogP contribution is 2.30. The molecule has 0 aromatic heterocycles. The van der Waals surface area contributed by atoms with Gasteiger partial charge in [-0.1, -0.05) is 29.8 Å². The lowest BCUT2D eigenvalue weighted by Crippen LogP contribution is -2.20. The zero-order valence-corrected chi connectivity index (χ0v) is 19.2. The Morgan fingerprint density at radius 2 is 1.31 bits per heavy atom. The summed E-state index contributed by atoms with van der Waals surface area (Å²) in [5, 5.41) is 22.4. The molecule has 0 saturated heterocycles. The van der Waals surface area contributed by atoms with E-state index in [0.29, 0.717) is 5.69 Å². The van der Waals surface area contributed by atoms with Crippen molar-refractivity contribution in [3.8, 4) is 11.5 Å². The van der Waals surface area contributed by atoms with Crippen LogP contribution in [0.5, 0.6) is 11.5 Å². The van der Waals surface area contributed by atoms with Gasteiger partial charge in [0.2, 0.25) is 0 Å². The molecule has 6 N–H and O–H groups in total. The van der Waals surface area contributed by atoms with Crippen LogP contribution in [-0.4, -0.2) is 42.4 Å². The number of benzene rings is 3. The fourth-order valence-electron chi connectivity index (χ4n) is 2.85. The van der Waals surface area contributed by atoms with Gasteiger partial charge in [0.15, 0.2) is 11.5 Å². The molecule has 0 bridgehead atoms. The highest BCUT2D eigenvalue weighted by atomic mass is 35.5. The van der Waals surface area contributed by atoms with Gasteiger partial charge in [0, 0.05) is 0 Å². The molecule has 0 atom stereocenters. The molecule has 0 aliphatic rings. The van der Waals surface area contributed by atoms with Gasteiger partial charge in [-0.3, -0.25) is 0 Å². The Balaban J connectivity index is 0.000000303. The van der Waals surface area contributed by atoms with Crippen molar-refractivity contribution in [2.45, 2.75) is 0 Å². The third-order valence-corrected chi connectivity index (χ3v) is 4.76. The predicted molar refractivity (Wildman–Crippen MR) is 128 cm³/mol. The number of nitrogens with two attached hydrogens (primary N) is 1. The summed E-state index contributed by atoms with van der Waals surface area (Å²) >= 11 is 5.75. The zero-order chi connectivity index (χ0) is 26.1. The predicted octanol–water partition coefficient (Wildman–Crippen LogP) is 4.81. The van der Waals surface area contributed by atoms with Crippen LogP contribution in [0.2, 0.25) is 5.02 Å². The van der Waals surface area contributed by atoms with Crippen molar-refractivity contribution in [2.75, 3.05) is 30.6 Å². The molecule has 3 rings (SSSR count). The van der Waals surface area contributed by atoms with Crippen LogP contribution in [0.15, 0.2) is 54.6 Å². The number of carboxylic acids is 2. The second-order valence-electron chi connectivity index (χ2n) is 6.61. The minimum absolute atomic E-state index is 0.000453. The second kappa shape index (κ2) is 12.1. The summed E-state index contributed by atoms with van der Waals surface area (Å²) in [6.45, 7) is 0. The molecule has 12 heteroatoms. The largest absolute Gasteiger partial charge is 0.494 e. The molecule has 3 aromatic carbocycles. The molecule has 0 radical (unpaired) electrons. The van der Waals surface area contributed by atoms with Crippen LogP contribution < -0.4 is 25.8 Å². The maximum atomic E-state index is 13.3. The van der Waals surface area contributed by atoms with Gasteiger partial charge in [0.05, 0.1) is 36.3 Å². The number of ether oxygens (including phenoxy) is 2. The van der Waals surface area contributed by atoms with Crippen LogP contribution in [0.25, 0.3) is 0 Å². The van der Waals surface area contributed by atoms with Gasteiger partial charge in [-0.2, -0.15) is 0 Å². The van der Waals surface area contributed by atoms with Gasteiger partial charge in [-0.05, 0) is 36.4 Å². The lowest BCUT2D eigenvalue weighted by molar-refractivity contribution is 0.0682. The quantitative estimate of drug-likeness (QED) is 0.298. The minimum atomic E-state index is -1.20. The number of hydrogen-bond donors (Lipinski definition) is 5. The van der Waals surface area contributed by atoms with Gasteiger partial charge in [0.1, 0.15) is 16.9 Å². The summed E-state index contributed by atoms with van der Waals surface area (Å²) in [5.41, 5.74) is 6.02. The average molecular weight is 506 g/mol. The van der Waals surface area contributed by atoms with Crippen LogP contribution in [0, 0.1) is 5.82 Å². The smallest absolute Gasteiger partial charge is 0.339 e. The molecule has 10 nitrogen and oxygen atoms in total. The van der Waals surface area contributed by atoms with E-state index in [-0.39, 0.29) is 39.0 Å². The first-order chi connectivity index (χ1) is 16.6. The molecular formula is C23H21ClFN3O7. The first-order valence-corrected chi connectivity index (χ1v) is 10.1. The van der Waals surface area contributed by atoms with E-state index in [1.165, 1.54) is 50.6 Å². The number of nitrogen functional groups attached to an aromatic ring is 1. The molecule has 0 heterocycles. The third kappa shape index (κ3) is 6.74. The number of aromatic carboxylic acids is 2. The molecule has 0 unspecified atom stereocenters. The van der Waals surface area contributed by atoms with Crippen molar-refractivity contribution in [3.63, 3.8) is 0 Å². The number of carboxylic acid groups (broad SMARTS) is 2. The number of amides is 2.